The zero-order chi connectivity index (χ0) is 14.3. The Bertz CT molecular complexity index is 635. The Hall–Kier alpha value is -2.11. The Kier molecular flexibility index (Phi) is 3.08. The Morgan fingerprint density at radius 2 is 2.05 bits per heavy atom. The normalized spacial score (nSPS) is 14.8. The summed E-state index contributed by atoms with van der Waals surface area (Å²) in [6, 6.07) is 6.96. The van der Waals surface area contributed by atoms with Crippen molar-refractivity contribution >= 4 is 5.82 Å². The van der Waals surface area contributed by atoms with Gasteiger partial charge in [0.25, 0.3) is 0 Å². The van der Waals surface area contributed by atoms with Crippen molar-refractivity contribution in [2.75, 3.05) is 5.73 Å². The fraction of sp³-hybridized carbons (Fsp3) is 0.357. The van der Waals surface area contributed by atoms with Crippen LogP contribution >= 0.6 is 0 Å². The Morgan fingerprint density at radius 3 is 2.70 bits per heavy atom. The van der Waals surface area contributed by atoms with E-state index in [0.717, 1.165) is 18.7 Å². The van der Waals surface area contributed by atoms with E-state index in [1.807, 2.05) is 11.5 Å². The van der Waals surface area contributed by atoms with Gasteiger partial charge in [-0.3, -0.25) is 0 Å². The lowest BCUT2D eigenvalue weighted by Gasteiger charge is -2.10. The number of imidazole rings is 1. The van der Waals surface area contributed by atoms with E-state index in [9.17, 15) is 8.78 Å². The molecule has 1 aliphatic rings. The summed E-state index contributed by atoms with van der Waals surface area (Å²) in [5, 5.41) is 0. The summed E-state index contributed by atoms with van der Waals surface area (Å²) in [5.41, 5.74) is 7.13. The largest absolute Gasteiger partial charge is 0.434 e. The van der Waals surface area contributed by atoms with Crippen molar-refractivity contribution in [2.45, 2.75) is 32.4 Å². The average molecular weight is 279 g/mol. The predicted octanol–water partition coefficient (Wildman–Crippen LogP) is 3.38. The first-order valence-corrected chi connectivity index (χ1v) is 6.46. The molecule has 0 amide bonds. The highest BCUT2D eigenvalue weighted by molar-refractivity contribution is 5.76. The van der Waals surface area contributed by atoms with Crippen molar-refractivity contribution in [2.24, 2.45) is 0 Å². The third-order valence-electron chi connectivity index (χ3n) is 3.39. The van der Waals surface area contributed by atoms with E-state index in [2.05, 4.69) is 9.72 Å². The first kappa shape index (κ1) is 12.9. The standard InChI is InChI=1S/C14H15F2N3O/c1-8-18-12(13(17)19(8)9-6-7-9)10-4-2-3-5-11(10)20-14(15)16/h2-5,9,14H,6-7,17H2,1H3. The maximum atomic E-state index is 12.5. The zero-order valence-corrected chi connectivity index (χ0v) is 11.0. The van der Waals surface area contributed by atoms with Crippen molar-refractivity contribution in [1.29, 1.82) is 0 Å². The summed E-state index contributed by atoms with van der Waals surface area (Å²) in [5.74, 6) is 1.40. The van der Waals surface area contributed by atoms with E-state index in [4.69, 9.17) is 5.73 Å². The number of aromatic nitrogens is 2. The number of anilines is 1. The van der Waals surface area contributed by atoms with Crippen LogP contribution in [-0.4, -0.2) is 16.2 Å². The molecule has 1 aromatic heterocycles. The minimum Gasteiger partial charge on any atom is -0.434 e. The van der Waals surface area contributed by atoms with Gasteiger partial charge in [0.1, 0.15) is 23.1 Å². The number of nitrogens with two attached hydrogens (primary N) is 1. The van der Waals surface area contributed by atoms with Crippen LogP contribution in [0, 0.1) is 6.92 Å². The molecule has 1 fully saturated rings. The topological polar surface area (TPSA) is 53.1 Å². The molecule has 20 heavy (non-hydrogen) atoms. The number of alkyl halides is 2. The van der Waals surface area contributed by atoms with Gasteiger partial charge in [-0.15, -0.1) is 0 Å². The van der Waals surface area contributed by atoms with Crippen LogP contribution in [-0.2, 0) is 0 Å². The number of ether oxygens (including phenoxy) is 1. The van der Waals surface area contributed by atoms with Crippen LogP contribution in [0.1, 0.15) is 24.7 Å². The molecule has 0 saturated heterocycles. The molecule has 4 nitrogen and oxygen atoms in total. The first-order chi connectivity index (χ1) is 9.58. The maximum Gasteiger partial charge on any atom is 0.387 e. The number of aryl methyl sites for hydroxylation is 1. The molecule has 1 heterocycles. The van der Waals surface area contributed by atoms with Crippen molar-refractivity contribution < 1.29 is 13.5 Å². The molecule has 0 radical (unpaired) electrons. The van der Waals surface area contributed by atoms with Crippen LogP contribution in [0.3, 0.4) is 0 Å². The lowest BCUT2D eigenvalue weighted by Crippen LogP contribution is -2.04. The van der Waals surface area contributed by atoms with Crippen LogP contribution in [0.2, 0.25) is 0 Å². The first-order valence-electron chi connectivity index (χ1n) is 6.46. The number of hydrogen-bond donors (Lipinski definition) is 1. The van der Waals surface area contributed by atoms with Crippen LogP contribution < -0.4 is 10.5 Å². The lowest BCUT2D eigenvalue weighted by molar-refractivity contribution is -0.0494. The number of para-hydroxylation sites is 1. The number of rotatable bonds is 4. The SMILES string of the molecule is Cc1nc(-c2ccccc2OC(F)F)c(N)n1C1CC1. The third-order valence-corrected chi connectivity index (χ3v) is 3.39. The van der Waals surface area contributed by atoms with Crippen molar-refractivity contribution in [3.05, 3.63) is 30.1 Å². The molecule has 0 spiro atoms. The van der Waals surface area contributed by atoms with E-state index in [1.54, 1.807) is 18.2 Å². The second-order valence-corrected chi connectivity index (χ2v) is 4.87. The Morgan fingerprint density at radius 1 is 1.35 bits per heavy atom. The second-order valence-electron chi connectivity index (χ2n) is 4.87. The van der Waals surface area contributed by atoms with Gasteiger partial charge < -0.3 is 15.0 Å². The van der Waals surface area contributed by atoms with Crippen LogP contribution in [0.4, 0.5) is 14.6 Å². The molecule has 2 N–H and O–H groups in total. The molecule has 3 rings (SSSR count). The van der Waals surface area contributed by atoms with E-state index in [-0.39, 0.29) is 5.75 Å². The molecular weight excluding hydrogens is 264 g/mol. The molecule has 0 unspecified atom stereocenters. The van der Waals surface area contributed by atoms with Gasteiger partial charge in [0.2, 0.25) is 0 Å². The summed E-state index contributed by atoms with van der Waals surface area (Å²) < 4.78 is 31.4. The van der Waals surface area contributed by atoms with E-state index < -0.39 is 6.61 Å². The number of halogens is 2. The molecule has 1 aromatic carbocycles. The quantitative estimate of drug-likeness (QED) is 0.933. The number of nitrogens with zero attached hydrogens (tertiary/aromatic N) is 2. The smallest absolute Gasteiger partial charge is 0.387 e. The van der Waals surface area contributed by atoms with Gasteiger partial charge in [0.05, 0.1) is 0 Å². The molecule has 1 saturated carbocycles. The molecule has 1 aliphatic carbocycles. The fourth-order valence-corrected chi connectivity index (χ4v) is 2.41. The second kappa shape index (κ2) is 4.77. The molecule has 6 heteroatoms. The van der Waals surface area contributed by atoms with Gasteiger partial charge in [-0.25, -0.2) is 4.98 Å². The van der Waals surface area contributed by atoms with Crippen LogP contribution in [0.25, 0.3) is 11.3 Å². The highest BCUT2D eigenvalue weighted by atomic mass is 19.3. The summed E-state index contributed by atoms with van der Waals surface area (Å²) in [7, 11) is 0. The Balaban J connectivity index is 2.07. The van der Waals surface area contributed by atoms with Gasteiger partial charge in [-0.1, -0.05) is 12.1 Å². The maximum absolute atomic E-state index is 12.5. The number of nitrogen functional groups attached to an aromatic ring is 1. The zero-order valence-electron chi connectivity index (χ0n) is 11.0. The molecule has 0 bridgehead atoms. The number of benzene rings is 1. The highest BCUT2D eigenvalue weighted by Crippen LogP contribution is 2.42. The average Bonchev–Trinajstić information content (AvgIpc) is 3.17. The summed E-state index contributed by atoms with van der Waals surface area (Å²) in [6.45, 7) is -1.00. The number of hydrogen-bond acceptors (Lipinski definition) is 3. The molecule has 106 valence electrons. The highest BCUT2D eigenvalue weighted by Gasteiger charge is 2.29. The van der Waals surface area contributed by atoms with Gasteiger partial charge in [0.15, 0.2) is 0 Å². The molecule has 0 aliphatic heterocycles. The predicted molar refractivity (Wildman–Crippen MR) is 71.7 cm³/mol. The summed E-state index contributed by atoms with van der Waals surface area (Å²) in [6.07, 6.45) is 2.16. The third kappa shape index (κ3) is 2.21. The molecule has 2 aromatic rings. The van der Waals surface area contributed by atoms with Crippen LogP contribution in [0.15, 0.2) is 24.3 Å². The molecular formula is C14H15F2N3O. The van der Waals surface area contributed by atoms with Gasteiger partial charge in [0, 0.05) is 11.6 Å². The van der Waals surface area contributed by atoms with E-state index >= 15 is 0 Å². The minimum absolute atomic E-state index is 0.0923. The lowest BCUT2D eigenvalue weighted by atomic mass is 10.1. The molecule has 0 atom stereocenters. The van der Waals surface area contributed by atoms with E-state index in [1.165, 1.54) is 6.07 Å². The van der Waals surface area contributed by atoms with E-state index in [0.29, 0.717) is 23.1 Å². The van der Waals surface area contributed by atoms with Gasteiger partial charge in [-0.2, -0.15) is 8.78 Å². The van der Waals surface area contributed by atoms with Crippen molar-refractivity contribution in [1.82, 2.24) is 9.55 Å². The fourth-order valence-electron chi connectivity index (χ4n) is 2.41. The summed E-state index contributed by atoms with van der Waals surface area (Å²) in [4.78, 5) is 4.42. The monoisotopic (exact) mass is 279 g/mol. The van der Waals surface area contributed by atoms with Crippen molar-refractivity contribution in [3.63, 3.8) is 0 Å². The van der Waals surface area contributed by atoms with Gasteiger partial charge >= 0.3 is 6.61 Å². The van der Waals surface area contributed by atoms with Gasteiger partial charge in [-0.05, 0) is 31.9 Å². The Labute approximate surface area is 115 Å². The minimum atomic E-state index is -2.87. The summed E-state index contributed by atoms with van der Waals surface area (Å²) >= 11 is 0. The van der Waals surface area contributed by atoms with Crippen LogP contribution in [0.5, 0.6) is 5.75 Å². The van der Waals surface area contributed by atoms with Crippen molar-refractivity contribution in [3.8, 4) is 17.0 Å².